The third kappa shape index (κ3) is 4.05. The van der Waals surface area contributed by atoms with Crippen LogP contribution in [0.15, 0.2) is 138 Å². The average Bonchev–Trinajstić information content (AvgIpc) is 3.41. The summed E-state index contributed by atoms with van der Waals surface area (Å²) in [5.74, 6) is 0. The van der Waals surface area contributed by atoms with Crippen molar-refractivity contribution in [2.45, 2.75) is 0 Å². The number of fused-ring (bicyclic) bond motifs is 3. The lowest BCUT2D eigenvalue weighted by Gasteiger charge is -2.06. The molecule has 7 aromatic rings. The summed E-state index contributed by atoms with van der Waals surface area (Å²) in [7, 11) is 0. The molecule has 0 bridgehead atoms. The Morgan fingerprint density at radius 3 is 1.46 bits per heavy atom. The minimum atomic E-state index is 0.649. The lowest BCUT2D eigenvalue weighted by molar-refractivity contribution is 0.671. The van der Waals surface area contributed by atoms with Gasteiger partial charge >= 0.3 is 0 Å². The maximum atomic E-state index is 7.17. The highest BCUT2D eigenvalue weighted by atomic mass is 16.3. The SMILES string of the molecule is [C-]#[N+]c1ccc(-c2ccc(-c3cccc4c3oc3c(-c5ccc(-c6cccnc6)cc5)cccc34)cc2)cc1. The number of benzene rings is 5. The summed E-state index contributed by atoms with van der Waals surface area (Å²) in [5, 5.41) is 2.22. The van der Waals surface area contributed by atoms with Crippen molar-refractivity contribution in [2.75, 3.05) is 0 Å². The summed E-state index contributed by atoms with van der Waals surface area (Å²) in [5.41, 5.74) is 11.2. The summed E-state index contributed by atoms with van der Waals surface area (Å²) in [4.78, 5) is 7.73. The van der Waals surface area contributed by atoms with Gasteiger partial charge in [-0.3, -0.25) is 4.98 Å². The van der Waals surface area contributed by atoms with E-state index in [9.17, 15) is 0 Å². The van der Waals surface area contributed by atoms with Crippen molar-refractivity contribution in [3.63, 3.8) is 0 Å². The fraction of sp³-hybridized carbons (Fsp3) is 0. The van der Waals surface area contributed by atoms with Crippen LogP contribution in [-0.2, 0) is 0 Å². The molecule has 0 spiro atoms. The summed E-state index contributed by atoms with van der Waals surface area (Å²) in [6.07, 6.45) is 3.67. The van der Waals surface area contributed by atoms with E-state index in [1.54, 1.807) is 6.20 Å². The molecule has 0 amide bonds. The van der Waals surface area contributed by atoms with Gasteiger partial charge in [-0.05, 0) is 39.4 Å². The van der Waals surface area contributed by atoms with Crippen molar-refractivity contribution in [1.82, 2.24) is 4.98 Å². The van der Waals surface area contributed by atoms with Gasteiger partial charge in [0.25, 0.3) is 0 Å². The fourth-order valence-electron chi connectivity index (χ4n) is 5.22. The molecular weight excluding hydrogens is 476 g/mol. The second-order valence-corrected chi connectivity index (χ2v) is 9.52. The van der Waals surface area contributed by atoms with E-state index < -0.39 is 0 Å². The molecule has 2 heterocycles. The zero-order valence-corrected chi connectivity index (χ0v) is 21.0. The molecule has 0 saturated heterocycles. The van der Waals surface area contributed by atoms with Crippen LogP contribution in [0.25, 0.3) is 71.3 Å². The molecular formula is C36H22N2O. The average molecular weight is 499 g/mol. The van der Waals surface area contributed by atoms with Gasteiger partial charge in [0, 0.05) is 34.3 Å². The number of furan rings is 1. The first-order valence-electron chi connectivity index (χ1n) is 12.8. The molecule has 0 aliphatic heterocycles. The molecule has 0 radical (unpaired) electrons. The van der Waals surface area contributed by atoms with E-state index in [2.05, 4.69) is 101 Å². The third-order valence-corrected chi connectivity index (χ3v) is 7.24. The highest BCUT2D eigenvalue weighted by molar-refractivity contribution is 6.13. The standard InChI is InChI=1S/C36H22N2O/c1-37-30-20-18-25(19-21-30)24-10-14-27(15-11-24)31-6-2-8-33-34-9-3-7-32(36(34)39-35(31)33)28-16-12-26(13-17-28)29-5-4-22-38-23-29/h2-23H. The van der Waals surface area contributed by atoms with Crippen LogP contribution in [0.3, 0.4) is 0 Å². The number of aromatic nitrogens is 1. The van der Waals surface area contributed by atoms with Gasteiger partial charge in [0.2, 0.25) is 0 Å². The van der Waals surface area contributed by atoms with Crippen LogP contribution in [0.5, 0.6) is 0 Å². The molecule has 0 atom stereocenters. The minimum absolute atomic E-state index is 0.649. The Kier molecular flexibility index (Phi) is 5.50. The van der Waals surface area contributed by atoms with Gasteiger partial charge in [-0.1, -0.05) is 115 Å². The van der Waals surface area contributed by atoms with Crippen LogP contribution in [-0.4, -0.2) is 4.98 Å². The first-order chi connectivity index (χ1) is 19.3. The zero-order chi connectivity index (χ0) is 26.2. The van der Waals surface area contributed by atoms with Crippen LogP contribution >= 0.6 is 0 Å². The van der Waals surface area contributed by atoms with Gasteiger partial charge in [0.15, 0.2) is 5.69 Å². The van der Waals surface area contributed by atoms with Gasteiger partial charge in [-0.15, -0.1) is 0 Å². The molecule has 3 heteroatoms. The molecule has 3 nitrogen and oxygen atoms in total. The van der Waals surface area contributed by atoms with Crippen LogP contribution < -0.4 is 0 Å². The van der Waals surface area contributed by atoms with E-state index in [1.807, 2.05) is 36.5 Å². The van der Waals surface area contributed by atoms with E-state index in [1.165, 1.54) is 0 Å². The van der Waals surface area contributed by atoms with Crippen molar-refractivity contribution in [3.8, 4) is 44.5 Å². The van der Waals surface area contributed by atoms with Crippen molar-refractivity contribution >= 4 is 27.6 Å². The monoisotopic (exact) mass is 498 g/mol. The van der Waals surface area contributed by atoms with Crippen molar-refractivity contribution in [3.05, 3.63) is 145 Å². The van der Waals surface area contributed by atoms with E-state index >= 15 is 0 Å². The predicted molar refractivity (Wildman–Crippen MR) is 160 cm³/mol. The minimum Gasteiger partial charge on any atom is -0.455 e. The normalized spacial score (nSPS) is 11.1. The third-order valence-electron chi connectivity index (χ3n) is 7.24. The summed E-state index contributed by atoms with van der Waals surface area (Å²) < 4.78 is 6.64. The number of hydrogen-bond acceptors (Lipinski definition) is 2. The molecule has 0 N–H and O–H groups in total. The molecule has 0 aliphatic carbocycles. The highest BCUT2D eigenvalue weighted by Crippen LogP contribution is 2.40. The van der Waals surface area contributed by atoms with Crippen LogP contribution in [0.1, 0.15) is 0 Å². The molecule has 5 aromatic carbocycles. The predicted octanol–water partition coefficient (Wildman–Crippen LogP) is 10.2. The molecule has 0 unspecified atom stereocenters. The van der Waals surface area contributed by atoms with Crippen LogP contribution in [0, 0.1) is 6.57 Å². The second kappa shape index (κ2) is 9.45. The molecule has 39 heavy (non-hydrogen) atoms. The first kappa shape index (κ1) is 22.7. The molecule has 0 saturated carbocycles. The number of para-hydroxylation sites is 2. The molecule has 7 rings (SSSR count). The number of pyridine rings is 1. The number of nitrogens with zero attached hydrogens (tertiary/aromatic N) is 2. The maximum Gasteiger partial charge on any atom is 0.187 e. The van der Waals surface area contributed by atoms with Gasteiger partial charge in [0.05, 0.1) is 6.57 Å². The van der Waals surface area contributed by atoms with Crippen molar-refractivity contribution < 1.29 is 4.42 Å². The van der Waals surface area contributed by atoms with Gasteiger partial charge in [-0.2, -0.15) is 0 Å². The van der Waals surface area contributed by atoms with E-state index in [-0.39, 0.29) is 0 Å². The zero-order valence-electron chi connectivity index (χ0n) is 21.0. The van der Waals surface area contributed by atoms with Crippen LogP contribution in [0.4, 0.5) is 5.69 Å². The first-order valence-corrected chi connectivity index (χ1v) is 12.8. The van der Waals surface area contributed by atoms with Gasteiger partial charge < -0.3 is 4.42 Å². The van der Waals surface area contributed by atoms with E-state index in [0.29, 0.717) is 5.69 Å². The lowest BCUT2D eigenvalue weighted by Crippen LogP contribution is -1.82. The molecule has 2 aromatic heterocycles. The second-order valence-electron chi connectivity index (χ2n) is 9.52. The Labute approximate surface area is 226 Å². The largest absolute Gasteiger partial charge is 0.455 e. The van der Waals surface area contributed by atoms with Crippen molar-refractivity contribution in [1.29, 1.82) is 0 Å². The van der Waals surface area contributed by atoms with Gasteiger partial charge in [0.1, 0.15) is 11.2 Å². The quantitative estimate of drug-likeness (QED) is 0.226. The summed E-state index contributed by atoms with van der Waals surface area (Å²) >= 11 is 0. The smallest absolute Gasteiger partial charge is 0.187 e. The highest BCUT2D eigenvalue weighted by Gasteiger charge is 2.15. The fourth-order valence-corrected chi connectivity index (χ4v) is 5.22. The number of hydrogen-bond donors (Lipinski definition) is 0. The van der Waals surface area contributed by atoms with Gasteiger partial charge in [-0.25, -0.2) is 4.85 Å². The topological polar surface area (TPSA) is 30.4 Å². The Morgan fingerprint density at radius 1 is 0.487 bits per heavy atom. The lowest BCUT2D eigenvalue weighted by atomic mass is 9.97. The summed E-state index contributed by atoms with van der Waals surface area (Å²) in [6, 6.07) is 41.5. The Hall–Kier alpha value is -5.46. The van der Waals surface area contributed by atoms with E-state index in [4.69, 9.17) is 11.0 Å². The Morgan fingerprint density at radius 2 is 0.974 bits per heavy atom. The van der Waals surface area contributed by atoms with Crippen LogP contribution in [0.2, 0.25) is 0 Å². The Balaban J connectivity index is 1.29. The number of rotatable bonds is 4. The van der Waals surface area contributed by atoms with E-state index in [0.717, 1.165) is 66.4 Å². The van der Waals surface area contributed by atoms with Crippen molar-refractivity contribution in [2.24, 2.45) is 0 Å². The molecule has 0 fully saturated rings. The molecule has 182 valence electrons. The maximum absolute atomic E-state index is 7.17. The Bertz CT molecular complexity index is 1980. The summed E-state index contributed by atoms with van der Waals surface area (Å²) in [6.45, 7) is 7.17. The molecule has 0 aliphatic rings.